The van der Waals surface area contributed by atoms with Crippen LogP contribution in [0.15, 0.2) is 84.9 Å². The largest absolute Gasteiger partial charge is 0.326 e. The molecule has 3 aromatic carbocycles. The highest BCUT2D eigenvalue weighted by Gasteiger charge is 2.16. The summed E-state index contributed by atoms with van der Waals surface area (Å²) < 4.78 is 0. The number of hydrogen-bond donors (Lipinski definition) is 1. The molecule has 4 heteroatoms. The summed E-state index contributed by atoms with van der Waals surface area (Å²) in [5.74, 6) is 0. The first-order chi connectivity index (χ1) is 11.7. The van der Waals surface area contributed by atoms with E-state index < -0.39 is 0 Å². The Kier molecular flexibility index (Phi) is 5.14. The normalized spacial score (nSPS) is 10.2. The van der Waals surface area contributed by atoms with Gasteiger partial charge in [0.05, 0.1) is 6.54 Å². The summed E-state index contributed by atoms with van der Waals surface area (Å²) in [5, 5.41) is 3.55. The molecule has 0 heterocycles. The van der Waals surface area contributed by atoms with Crippen molar-refractivity contribution < 1.29 is 4.79 Å². The van der Waals surface area contributed by atoms with Crippen LogP contribution in [0.3, 0.4) is 0 Å². The van der Waals surface area contributed by atoms with E-state index in [9.17, 15) is 4.79 Å². The van der Waals surface area contributed by atoms with Gasteiger partial charge in [0, 0.05) is 16.4 Å². The van der Waals surface area contributed by atoms with E-state index in [0.29, 0.717) is 17.3 Å². The number of para-hydroxylation sites is 1. The van der Waals surface area contributed by atoms with E-state index in [1.165, 1.54) is 0 Å². The van der Waals surface area contributed by atoms with Gasteiger partial charge in [-0.3, -0.25) is 4.90 Å². The Hall–Kier alpha value is -2.78. The van der Waals surface area contributed by atoms with Crippen LogP contribution in [0, 0.1) is 0 Å². The van der Waals surface area contributed by atoms with Gasteiger partial charge in [-0.2, -0.15) is 0 Å². The van der Waals surface area contributed by atoms with Crippen molar-refractivity contribution in [2.75, 3.05) is 10.2 Å². The zero-order chi connectivity index (χ0) is 16.8. The van der Waals surface area contributed by atoms with Crippen LogP contribution < -0.4 is 10.2 Å². The number of urea groups is 1. The van der Waals surface area contributed by atoms with Crippen LogP contribution >= 0.6 is 11.6 Å². The van der Waals surface area contributed by atoms with Gasteiger partial charge in [-0.15, -0.1) is 0 Å². The molecule has 0 spiro atoms. The Labute approximate surface area is 146 Å². The number of nitrogens with zero attached hydrogens (tertiary/aromatic N) is 1. The molecule has 0 aromatic heterocycles. The molecule has 0 aliphatic rings. The third kappa shape index (κ3) is 4.15. The Morgan fingerprint density at radius 2 is 1.42 bits per heavy atom. The van der Waals surface area contributed by atoms with Crippen LogP contribution in [0.1, 0.15) is 5.56 Å². The first-order valence-electron chi connectivity index (χ1n) is 7.65. The predicted octanol–water partition coefficient (Wildman–Crippen LogP) is 5.58. The van der Waals surface area contributed by atoms with Crippen LogP contribution in [0.4, 0.5) is 16.2 Å². The summed E-state index contributed by atoms with van der Waals surface area (Å²) in [6.07, 6.45) is 0. The fraction of sp³-hybridized carbons (Fsp3) is 0.0500. The van der Waals surface area contributed by atoms with Gasteiger partial charge in [-0.1, -0.05) is 60.1 Å². The SMILES string of the molecule is O=C(Nc1ccc(Cl)cc1)N(Cc1ccccc1)c1ccccc1. The average molecular weight is 337 g/mol. The maximum Gasteiger partial charge on any atom is 0.326 e. The Morgan fingerprint density at radius 3 is 2.04 bits per heavy atom. The minimum Gasteiger partial charge on any atom is -0.308 e. The van der Waals surface area contributed by atoms with Gasteiger partial charge in [0.1, 0.15) is 0 Å². The summed E-state index contributed by atoms with van der Waals surface area (Å²) >= 11 is 5.89. The maximum absolute atomic E-state index is 12.8. The van der Waals surface area contributed by atoms with Crippen LogP contribution in [0.25, 0.3) is 0 Å². The topological polar surface area (TPSA) is 32.3 Å². The summed E-state index contributed by atoms with van der Waals surface area (Å²) in [6, 6.07) is 26.4. The molecular weight excluding hydrogens is 320 g/mol. The average Bonchev–Trinajstić information content (AvgIpc) is 2.63. The van der Waals surface area contributed by atoms with E-state index in [1.807, 2.05) is 60.7 Å². The van der Waals surface area contributed by atoms with Gasteiger partial charge >= 0.3 is 6.03 Å². The Morgan fingerprint density at radius 1 is 0.833 bits per heavy atom. The van der Waals surface area contributed by atoms with Crippen molar-refractivity contribution in [3.05, 3.63) is 95.5 Å². The minimum absolute atomic E-state index is 0.188. The summed E-state index contributed by atoms with van der Waals surface area (Å²) in [7, 11) is 0. The van der Waals surface area contributed by atoms with Gasteiger partial charge in [0.2, 0.25) is 0 Å². The molecule has 3 nitrogen and oxygen atoms in total. The highest BCUT2D eigenvalue weighted by molar-refractivity contribution is 6.30. The van der Waals surface area contributed by atoms with Crippen LogP contribution in [-0.4, -0.2) is 6.03 Å². The van der Waals surface area contributed by atoms with Crippen LogP contribution in [0.2, 0.25) is 5.02 Å². The quantitative estimate of drug-likeness (QED) is 0.662. The lowest BCUT2D eigenvalue weighted by molar-refractivity contribution is 0.256. The number of hydrogen-bond acceptors (Lipinski definition) is 1. The number of amides is 2. The zero-order valence-corrected chi connectivity index (χ0v) is 13.8. The molecule has 0 aliphatic carbocycles. The van der Waals surface area contributed by atoms with Crippen molar-refractivity contribution in [3.63, 3.8) is 0 Å². The summed E-state index contributed by atoms with van der Waals surface area (Å²) in [4.78, 5) is 14.5. The molecule has 3 aromatic rings. The van der Waals surface area contributed by atoms with E-state index in [4.69, 9.17) is 11.6 Å². The third-order valence-electron chi connectivity index (χ3n) is 3.59. The molecule has 2 amide bonds. The molecule has 0 aliphatic heterocycles. The number of benzene rings is 3. The number of anilines is 2. The molecule has 0 saturated heterocycles. The Bertz CT molecular complexity index is 789. The van der Waals surface area contributed by atoms with Gasteiger partial charge in [0.25, 0.3) is 0 Å². The van der Waals surface area contributed by atoms with E-state index in [-0.39, 0.29) is 6.03 Å². The third-order valence-corrected chi connectivity index (χ3v) is 3.84. The minimum atomic E-state index is -0.188. The van der Waals surface area contributed by atoms with Gasteiger partial charge in [-0.05, 0) is 42.0 Å². The number of carbonyl (C=O) groups excluding carboxylic acids is 1. The lowest BCUT2D eigenvalue weighted by Gasteiger charge is -2.23. The first-order valence-corrected chi connectivity index (χ1v) is 8.03. The summed E-state index contributed by atoms with van der Waals surface area (Å²) in [5.41, 5.74) is 2.61. The van der Waals surface area contributed by atoms with Crippen LogP contribution in [-0.2, 0) is 6.54 Å². The smallest absolute Gasteiger partial charge is 0.308 e. The lowest BCUT2D eigenvalue weighted by atomic mass is 10.2. The predicted molar refractivity (Wildman–Crippen MR) is 99.5 cm³/mol. The number of halogens is 1. The first kappa shape index (κ1) is 16.1. The monoisotopic (exact) mass is 336 g/mol. The van der Waals surface area contributed by atoms with Crippen molar-refractivity contribution in [2.24, 2.45) is 0 Å². The zero-order valence-electron chi connectivity index (χ0n) is 13.0. The van der Waals surface area contributed by atoms with Crippen molar-refractivity contribution >= 4 is 29.0 Å². The second kappa shape index (κ2) is 7.66. The molecule has 24 heavy (non-hydrogen) atoms. The lowest BCUT2D eigenvalue weighted by Crippen LogP contribution is -2.34. The summed E-state index contributed by atoms with van der Waals surface area (Å²) in [6.45, 7) is 0.490. The second-order valence-corrected chi connectivity index (χ2v) is 5.78. The molecule has 1 N–H and O–H groups in total. The van der Waals surface area contributed by atoms with Crippen molar-refractivity contribution in [1.29, 1.82) is 0 Å². The molecule has 0 unspecified atom stereocenters. The van der Waals surface area contributed by atoms with Crippen molar-refractivity contribution in [1.82, 2.24) is 0 Å². The fourth-order valence-corrected chi connectivity index (χ4v) is 2.50. The molecule has 0 fully saturated rings. The molecular formula is C20H17ClN2O. The number of carbonyl (C=O) groups is 1. The molecule has 0 radical (unpaired) electrons. The van der Waals surface area contributed by atoms with E-state index in [2.05, 4.69) is 5.32 Å². The second-order valence-electron chi connectivity index (χ2n) is 5.34. The van der Waals surface area contributed by atoms with E-state index in [0.717, 1.165) is 11.3 Å². The molecule has 3 rings (SSSR count). The van der Waals surface area contributed by atoms with E-state index >= 15 is 0 Å². The van der Waals surface area contributed by atoms with Gasteiger partial charge in [0.15, 0.2) is 0 Å². The highest BCUT2D eigenvalue weighted by Crippen LogP contribution is 2.20. The van der Waals surface area contributed by atoms with Crippen molar-refractivity contribution in [2.45, 2.75) is 6.54 Å². The highest BCUT2D eigenvalue weighted by atomic mass is 35.5. The maximum atomic E-state index is 12.8. The fourth-order valence-electron chi connectivity index (χ4n) is 2.38. The van der Waals surface area contributed by atoms with Crippen LogP contribution in [0.5, 0.6) is 0 Å². The standard InChI is InChI=1S/C20H17ClN2O/c21-17-11-13-18(14-12-17)22-20(24)23(19-9-5-2-6-10-19)15-16-7-3-1-4-8-16/h1-14H,15H2,(H,22,24). The molecule has 0 saturated carbocycles. The number of rotatable bonds is 4. The Balaban J connectivity index is 1.83. The number of nitrogens with one attached hydrogen (secondary N) is 1. The van der Waals surface area contributed by atoms with Gasteiger partial charge < -0.3 is 5.32 Å². The molecule has 120 valence electrons. The molecule has 0 bridgehead atoms. The van der Waals surface area contributed by atoms with Crippen molar-refractivity contribution in [3.8, 4) is 0 Å². The molecule has 0 atom stereocenters. The van der Waals surface area contributed by atoms with E-state index in [1.54, 1.807) is 29.2 Å². The van der Waals surface area contributed by atoms with Gasteiger partial charge in [-0.25, -0.2) is 4.79 Å².